The summed E-state index contributed by atoms with van der Waals surface area (Å²) in [5, 5.41) is 0. The van der Waals surface area contributed by atoms with E-state index in [2.05, 4.69) is 42.3 Å². The first-order valence-corrected chi connectivity index (χ1v) is 6.12. The van der Waals surface area contributed by atoms with Gasteiger partial charge in [0, 0.05) is 6.21 Å². The second kappa shape index (κ2) is 6.55. The maximum Gasteiger partial charge on any atom is 0.0639 e. The standard InChI is InChI=1S/C17H17N/c1-15(17-10-6-3-7-11-17)12-13-18-14-16-8-4-2-5-9-16/h2-13H,14H2,1H3/b15-12+,18-13?. The Labute approximate surface area is 109 Å². The summed E-state index contributed by atoms with van der Waals surface area (Å²) in [6.45, 7) is 2.84. The largest absolute Gasteiger partial charge is 0.288 e. The SMILES string of the molecule is C/C(=C\C=NCc1ccccc1)c1ccccc1. The molecule has 0 radical (unpaired) electrons. The van der Waals surface area contributed by atoms with E-state index in [1.165, 1.54) is 16.7 Å². The van der Waals surface area contributed by atoms with Crippen LogP contribution in [0, 0.1) is 0 Å². The van der Waals surface area contributed by atoms with Gasteiger partial charge in [0.15, 0.2) is 0 Å². The molecule has 0 saturated carbocycles. The predicted octanol–water partition coefficient (Wildman–Crippen LogP) is 4.36. The Balaban J connectivity index is 1.95. The van der Waals surface area contributed by atoms with E-state index in [4.69, 9.17) is 0 Å². The first-order valence-electron chi connectivity index (χ1n) is 6.12. The fourth-order valence-corrected chi connectivity index (χ4v) is 1.70. The second-order valence-corrected chi connectivity index (χ2v) is 4.19. The summed E-state index contributed by atoms with van der Waals surface area (Å²) in [7, 11) is 0. The average molecular weight is 235 g/mol. The minimum atomic E-state index is 0.736. The molecule has 0 aliphatic rings. The predicted molar refractivity (Wildman–Crippen MR) is 78.7 cm³/mol. The summed E-state index contributed by atoms with van der Waals surface area (Å²) in [5.74, 6) is 0. The van der Waals surface area contributed by atoms with E-state index in [0.29, 0.717) is 0 Å². The molecule has 0 atom stereocenters. The molecule has 1 nitrogen and oxygen atoms in total. The molecular weight excluding hydrogens is 218 g/mol. The van der Waals surface area contributed by atoms with Crippen molar-refractivity contribution in [1.82, 2.24) is 0 Å². The number of benzene rings is 2. The van der Waals surface area contributed by atoms with Gasteiger partial charge in [-0.25, -0.2) is 0 Å². The quantitative estimate of drug-likeness (QED) is 0.698. The molecule has 0 saturated heterocycles. The van der Waals surface area contributed by atoms with Gasteiger partial charge in [0.2, 0.25) is 0 Å². The molecule has 0 aliphatic heterocycles. The molecule has 2 rings (SSSR count). The molecule has 0 fully saturated rings. The summed E-state index contributed by atoms with van der Waals surface area (Å²) >= 11 is 0. The van der Waals surface area contributed by atoms with Gasteiger partial charge in [-0.2, -0.15) is 0 Å². The first-order chi connectivity index (χ1) is 8.86. The van der Waals surface area contributed by atoms with Crippen LogP contribution in [0.5, 0.6) is 0 Å². The molecule has 0 heterocycles. The number of hydrogen-bond donors (Lipinski definition) is 0. The molecule has 2 aromatic rings. The molecule has 0 spiro atoms. The van der Waals surface area contributed by atoms with Crippen molar-refractivity contribution >= 4 is 11.8 Å². The minimum absolute atomic E-state index is 0.736. The Bertz CT molecular complexity index is 524. The fraction of sp³-hybridized carbons (Fsp3) is 0.118. The van der Waals surface area contributed by atoms with Gasteiger partial charge in [0.1, 0.15) is 0 Å². The van der Waals surface area contributed by atoms with Gasteiger partial charge in [-0.3, -0.25) is 4.99 Å². The van der Waals surface area contributed by atoms with Crippen LogP contribution in [0.4, 0.5) is 0 Å². The van der Waals surface area contributed by atoms with Gasteiger partial charge in [-0.1, -0.05) is 60.7 Å². The molecule has 1 heteroatoms. The third kappa shape index (κ3) is 3.70. The van der Waals surface area contributed by atoms with Gasteiger partial charge >= 0.3 is 0 Å². The van der Waals surface area contributed by atoms with Crippen molar-refractivity contribution in [3.8, 4) is 0 Å². The fourth-order valence-electron chi connectivity index (χ4n) is 1.70. The summed E-state index contributed by atoms with van der Waals surface area (Å²) < 4.78 is 0. The number of allylic oxidation sites excluding steroid dienone is 2. The number of hydrogen-bond acceptors (Lipinski definition) is 1. The van der Waals surface area contributed by atoms with Crippen molar-refractivity contribution in [1.29, 1.82) is 0 Å². The normalized spacial score (nSPS) is 11.9. The summed E-state index contributed by atoms with van der Waals surface area (Å²) in [5.41, 5.74) is 3.70. The lowest BCUT2D eigenvalue weighted by Gasteiger charge is -1.98. The Hall–Kier alpha value is -2.15. The zero-order valence-corrected chi connectivity index (χ0v) is 10.6. The van der Waals surface area contributed by atoms with Crippen molar-refractivity contribution in [3.63, 3.8) is 0 Å². The summed E-state index contributed by atoms with van der Waals surface area (Å²) in [4.78, 5) is 4.41. The van der Waals surface area contributed by atoms with Crippen molar-refractivity contribution in [3.05, 3.63) is 77.9 Å². The van der Waals surface area contributed by atoms with Crippen molar-refractivity contribution in [2.75, 3.05) is 0 Å². The zero-order valence-electron chi connectivity index (χ0n) is 10.6. The number of rotatable bonds is 4. The second-order valence-electron chi connectivity index (χ2n) is 4.19. The average Bonchev–Trinajstić information content (AvgIpc) is 2.45. The van der Waals surface area contributed by atoms with E-state index in [9.17, 15) is 0 Å². The van der Waals surface area contributed by atoms with Crippen LogP contribution in [0.1, 0.15) is 18.1 Å². The summed E-state index contributed by atoms with van der Waals surface area (Å²) in [6, 6.07) is 20.6. The lowest BCUT2D eigenvalue weighted by atomic mass is 10.1. The highest BCUT2D eigenvalue weighted by molar-refractivity contribution is 5.83. The molecule has 2 aromatic carbocycles. The van der Waals surface area contributed by atoms with E-state index >= 15 is 0 Å². The molecule has 18 heavy (non-hydrogen) atoms. The minimum Gasteiger partial charge on any atom is -0.288 e. The summed E-state index contributed by atoms with van der Waals surface area (Å²) in [6.07, 6.45) is 3.94. The van der Waals surface area contributed by atoms with Crippen LogP contribution in [-0.4, -0.2) is 6.21 Å². The van der Waals surface area contributed by atoms with Gasteiger partial charge in [0.25, 0.3) is 0 Å². The third-order valence-electron chi connectivity index (χ3n) is 2.78. The third-order valence-corrected chi connectivity index (χ3v) is 2.78. The molecule has 0 N–H and O–H groups in total. The Morgan fingerprint density at radius 1 is 0.944 bits per heavy atom. The van der Waals surface area contributed by atoms with Gasteiger partial charge in [-0.05, 0) is 29.7 Å². The van der Waals surface area contributed by atoms with Crippen LogP contribution in [-0.2, 0) is 6.54 Å². The molecule has 0 bridgehead atoms. The maximum atomic E-state index is 4.41. The molecule has 0 aliphatic carbocycles. The van der Waals surface area contributed by atoms with Crippen LogP contribution in [0.25, 0.3) is 5.57 Å². The van der Waals surface area contributed by atoms with Crippen molar-refractivity contribution in [2.24, 2.45) is 4.99 Å². The number of nitrogens with zero attached hydrogens (tertiary/aromatic N) is 1. The monoisotopic (exact) mass is 235 g/mol. The van der Waals surface area contributed by atoms with Gasteiger partial charge in [-0.15, -0.1) is 0 Å². The highest BCUT2D eigenvalue weighted by Crippen LogP contribution is 2.11. The van der Waals surface area contributed by atoms with Crippen molar-refractivity contribution in [2.45, 2.75) is 13.5 Å². The Kier molecular flexibility index (Phi) is 4.48. The Morgan fingerprint density at radius 3 is 2.22 bits per heavy atom. The molecule has 90 valence electrons. The van der Waals surface area contributed by atoms with Crippen LogP contribution < -0.4 is 0 Å². The zero-order chi connectivity index (χ0) is 12.6. The van der Waals surface area contributed by atoms with Crippen LogP contribution in [0.3, 0.4) is 0 Å². The van der Waals surface area contributed by atoms with Crippen LogP contribution in [0.2, 0.25) is 0 Å². The molecule has 0 aromatic heterocycles. The van der Waals surface area contributed by atoms with Gasteiger partial charge in [0.05, 0.1) is 6.54 Å². The molecule has 0 amide bonds. The first kappa shape index (κ1) is 12.3. The van der Waals surface area contributed by atoms with Crippen molar-refractivity contribution < 1.29 is 0 Å². The molecular formula is C17H17N. The maximum absolute atomic E-state index is 4.41. The van der Waals surface area contributed by atoms with E-state index < -0.39 is 0 Å². The highest BCUT2D eigenvalue weighted by atomic mass is 14.7. The van der Waals surface area contributed by atoms with E-state index in [1.807, 2.05) is 42.6 Å². The lowest BCUT2D eigenvalue weighted by Crippen LogP contribution is -1.81. The lowest BCUT2D eigenvalue weighted by molar-refractivity contribution is 1.08. The van der Waals surface area contributed by atoms with E-state index in [-0.39, 0.29) is 0 Å². The number of aliphatic imine (C=N–C) groups is 1. The molecule has 0 unspecified atom stereocenters. The highest BCUT2D eigenvalue weighted by Gasteiger charge is 1.91. The van der Waals surface area contributed by atoms with Gasteiger partial charge < -0.3 is 0 Å². The smallest absolute Gasteiger partial charge is 0.0639 e. The van der Waals surface area contributed by atoms with Crippen LogP contribution >= 0.6 is 0 Å². The van der Waals surface area contributed by atoms with Crippen LogP contribution in [0.15, 0.2) is 71.7 Å². The van der Waals surface area contributed by atoms with E-state index in [0.717, 1.165) is 6.54 Å². The van der Waals surface area contributed by atoms with E-state index in [1.54, 1.807) is 0 Å². The Morgan fingerprint density at radius 2 is 1.56 bits per heavy atom. The topological polar surface area (TPSA) is 12.4 Å².